The van der Waals surface area contributed by atoms with E-state index in [0.717, 1.165) is 36.0 Å². The molecular weight excluding hydrogens is 296 g/mol. The number of hydrogen-bond acceptors (Lipinski definition) is 4. The second kappa shape index (κ2) is 5.68. The van der Waals surface area contributed by atoms with Gasteiger partial charge in [0.2, 0.25) is 0 Å². The molecule has 0 atom stereocenters. The van der Waals surface area contributed by atoms with Crippen LogP contribution in [-0.2, 0) is 17.6 Å². The predicted octanol–water partition coefficient (Wildman–Crippen LogP) is 2.94. The first-order chi connectivity index (χ1) is 11.0. The highest BCUT2D eigenvalue weighted by molar-refractivity contribution is 6.34. The fraction of sp³-hybridized carbons (Fsp3) is 0.250. The fourth-order valence-electron chi connectivity index (χ4n) is 2.63. The molecule has 2 N–H and O–H groups in total. The molecule has 2 aromatic heterocycles. The molecule has 1 aliphatic heterocycles. The third-order valence-corrected chi connectivity index (χ3v) is 3.89. The van der Waals surface area contributed by atoms with E-state index in [2.05, 4.69) is 21.4 Å². The van der Waals surface area contributed by atoms with Crippen molar-refractivity contribution in [1.82, 2.24) is 9.97 Å². The summed E-state index contributed by atoms with van der Waals surface area (Å²) in [4.78, 5) is 29.8. The van der Waals surface area contributed by atoms with Gasteiger partial charge in [0.05, 0.1) is 10.5 Å². The average molecular weight is 312 g/mol. The predicted molar refractivity (Wildman–Crippen MR) is 86.9 cm³/mol. The lowest BCUT2D eigenvalue weighted by Crippen LogP contribution is -2.04. The summed E-state index contributed by atoms with van der Waals surface area (Å²) in [6, 6.07) is 3.45. The second-order valence-electron chi connectivity index (χ2n) is 5.30. The van der Waals surface area contributed by atoms with Crippen LogP contribution in [-0.4, -0.2) is 20.8 Å². The molecule has 0 saturated carbocycles. The van der Waals surface area contributed by atoms with Gasteiger partial charge in [0.25, 0.3) is 11.6 Å². The number of fused-ring (bicyclic) bond motifs is 1. The minimum Gasteiger partial charge on any atom is -0.359 e. The smallest absolute Gasteiger partial charge is 0.288 e. The molecule has 118 valence electrons. The highest BCUT2D eigenvalue weighted by Crippen LogP contribution is 2.34. The number of nitrogens with zero attached hydrogens (tertiary/aromatic N) is 2. The number of nitro groups is 1. The molecule has 3 rings (SSSR count). The fourth-order valence-corrected chi connectivity index (χ4v) is 2.63. The van der Waals surface area contributed by atoms with Gasteiger partial charge >= 0.3 is 0 Å². The van der Waals surface area contributed by atoms with E-state index in [-0.39, 0.29) is 11.6 Å². The number of rotatable bonds is 4. The Morgan fingerprint density at radius 3 is 2.74 bits per heavy atom. The zero-order chi connectivity index (χ0) is 16.6. The first-order valence-corrected chi connectivity index (χ1v) is 7.42. The van der Waals surface area contributed by atoms with Crippen LogP contribution in [0.1, 0.15) is 36.4 Å². The molecule has 0 fully saturated rings. The van der Waals surface area contributed by atoms with Gasteiger partial charge in [0, 0.05) is 23.0 Å². The number of carbonyl (C=O) groups excluding carboxylic acids is 1. The Morgan fingerprint density at radius 1 is 1.30 bits per heavy atom. The van der Waals surface area contributed by atoms with Gasteiger partial charge in [0.1, 0.15) is 12.0 Å². The van der Waals surface area contributed by atoms with E-state index in [0.29, 0.717) is 17.0 Å². The Hall–Kier alpha value is -2.96. The van der Waals surface area contributed by atoms with Crippen LogP contribution in [0.25, 0.3) is 11.6 Å². The van der Waals surface area contributed by atoms with Crippen LogP contribution in [0.4, 0.5) is 11.5 Å². The van der Waals surface area contributed by atoms with E-state index < -0.39 is 4.92 Å². The Labute approximate surface area is 132 Å². The molecule has 7 nitrogen and oxygen atoms in total. The van der Waals surface area contributed by atoms with Crippen molar-refractivity contribution < 1.29 is 9.72 Å². The summed E-state index contributed by atoms with van der Waals surface area (Å²) in [5.41, 5.74) is 3.75. The Kier molecular flexibility index (Phi) is 3.69. The zero-order valence-corrected chi connectivity index (χ0v) is 12.8. The van der Waals surface area contributed by atoms with E-state index in [1.54, 1.807) is 6.08 Å². The maximum absolute atomic E-state index is 12.2. The average Bonchev–Trinajstić information content (AvgIpc) is 3.08. The van der Waals surface area contributed by atoms with Gasteiger partial charge in [-0.3, -0.25) is 14.9 Å². The number of anilines is 1. The van der Waals surface area contributed by atoms with Gasteiger partial charge in [-0.05, 0) is 30.5 Å². The van der Waals surface area contributed by atoms with Gasteiger partial charge in [-0.25, -0.2) is 4.98 Å². The summed E-state index contributed by atoms with van der Waals surface area (Å²) in [5, 5.41) is 13.6. The molecule has 0 unspecified atom stereocenters. The lowest BCUT2D eigenvalue weighted by molar-refractivity contribution is -0.385. The molecule has 0 aliphatic carbocycles. The number of hydrogen-bond donors (Lipinski definition) is 2. The first-order valence-electron chi connectivity index (χ1n) is 7.42. The summed E-state index contributed by atoms with van der Waals surface area (Å²) < 4.78 is 0. The summed E-state index contributed by atoms with van der Waals surface area (Å²) in [5.74, 6) is 0.0508. The molecule has 3 heterocycles. The number of amides is 1. The number of aryl methyl sites for hydroxylation is 2. The van der Waals surface area contributed by atoms with Crippen molar-refractivity contribution in [2.75, 3.05) is 5.32 Å². The molecule has 0 spiro atoms. The SMILES string of the molecule is CCc1cc(CC)c(C=C2C(=O)Nc3ncc([N+](=O)[O-])cc32)[nH]1. The van der Waals surface area contributed by atoms with Gasteiger partial charge < -0.3 is 10.3 Å². The third kappa shape index (κ3) is 2.61. The Bertz CT molecular complexity index is 836. The number of aromatic amines is 1. The van der Waals surface area contributed by atoms with Crippen LogP contribution in [0.5, 0.6) is 0 Å². The van der Waals surface area contributed by atoms with Gasteiger partial charge in [0.15, 0.2) is 0 Å². The van der Waals surface area contributed by atoms with Gasteiger partial charge in [-0.15, -0.1) is 0 Å². The van der Waals surface area contributed by atoms with Crippen molar-refractivity contribution >= 4 is 29.1 Å². The van der Waals surface area contributed by atoms with E-state index >= 15 is 0 Å². The third-order valence-electron chi connectivity index (χ3n) is 3.89. The van der Waals surface area contributed by atoms with Crippen LogP contribution in [0.3, 0.4) is 0 Å². The van der Waals surface area contributed by atoms with E-state index in [1.165, 1.54) is 6.07 Å². The molecule has 0 bridgehead atoms. The monoisotopic (exact) mass is 312 g/mol. The topological polar surface area (TPSA) is 101 Å². The highest BCUT2D eigenvalue weighted by Gasteiger charge is 2.28. The summed E-state index contributed by atoms with van der Waals surface area (Å²) >= 11 is 0. The molecule has 0 radical (unpaired) electrons. The molecule has 2 aromatic rings. The normalized spacial score (nSPS) is 14.9. The Morgan fingerprint density at radius 2 is 2.09 bits per heavy atom. The Balaban J connectivity index is 2.11. The quantitative estimate of drug-likeness (QED) is 0.515. The van der Waals surface area contributed by atoms with Crippen LogP contribution < -0.4 is 5.32 Å². The molecule has 0 saturated heterocycles. The minimum absolute atomic E-state index is 0.136. The number of carbonyl (C=O) groups is 1. The van der Waals surface area contributed by atoms with Gasteiger partial charge in [-0.2, -0.15) is 0 Å². The maximum atomic E-state index is 12.2. The molecular formula is C16H16N4O3. The lowest BCUT2D eigenvalue weighted by atomic mass is 10.1. The molecule has 23 heavy (non-hydrogen) atoms. The highest BCUT2D eigenvalue weighted by atomic mass is 16.6. The molecule has 1 aliphatic rings. The van der Waals surface area contributed by atoms with Crippen molar-refractivity contribution in [3.05, 3.63) is 51.0 Å². The molecule has 0 aromatic carbocycles. The van der Waals surface area contributed by atoms with Crippen molar-refractivity contribution in [2.24, 2.45) is 0 Å². The minimum atomic E-state index is -0.519. The van der Waals surface area contributed by atoms with Gasteiger partial charge in [-0.1, -0.05) is 13.8 Å². The van der Waals surface area contributed by atoms with E-state index in [9.17, 15) is 14.9 Å². The van der Waals surface area contributed by atoms with Crippen molar-refractivity contribution in [1.29, 1.82) is 0 Å². The second-order valence-corrected chi connectivity index (χ2v) is 5.30. The number of H-pyrrole nitrogens is 1. The largest absolute Gasteiger partial charge is 0.359 e. The lowest BCUT2D eigenvalue weighted by Gasteiger charge is -1.99. The van der Waals surface area contributed by atoms with Crippen molar-refractivity contribution in [3.8, 4) is 0 Å². The van der Waals surface area contributed by atoms with Crippen LogP contribution >= 0.6 is 0 Å². The van der Waals surface area contributed by atoms with Crippen molar-refractivity contribution in [2.45, 2.75) is 26.7 Å². The number of aromatic nitrogens is 2. The van der Waals surface area contributed by atoms with Crippen LogP contribution in [0.15, 0.2) is 18.3 Å². The van der Waals surface area contributed by atoms with E-state index in [4.69, 9.17) is 0 Å². The molecule has 7 heteroatoms. The molecule has 1 amide bonds. The standard InChI is InChI=1S/C16H16N4O3/c1-3-9-5-10(4-2)18-14(9)7-13-12-6-11(20(22)23)8-17-15(12)19-16(13)21/h5-8,18H,3-4H2,1-2H3,(H,17,19,21). The maximum Gasteiger partial charge on any atom is 0.288 e. The summed E-state index contributed by atoms with van der Waals surface area (Å²) in [6.07, 6.45) is 4.58. The first kappa shape index (κ1) is 15.0. The zero-order valence-electron chi connectivity index (χ0n) is 12.8. The van der Waals surface area contributed by atoms with Crippen LogP contribution in [0.2, 0.25) is 0 Å². The van der Waals surface area contributed by atoms with Crippen LogP contribution in [0, 0.1) is 10.1 Å². The number of nitrogens with one attached hydrogen (secondary N) is 2. The van der Waals surface area contributed by atoms with E-state index in [1.807, 2.05) is 13.8 Å². The summed E-state index contributed by atoms with van der Waals surface area (Å²) in [6.45, 7) is 4.09. The van der Waals surface area contributed by atoms with Crippen molar-refractivity contribution in [3.63, 3.8) is 0 Å². The number of pyridine rings is 1. The summed E-state index contributed by atoms with van der Waals surface area (Å²) in [7, 11) is 0.